The van der Waals surface area contributed by atoms with Crippen molar-refractivity contribution in [1.82, 2.24) is 15.1 Å². The summed E-state index contributed by atoms with van der Waals surface area (Å²) >= 11 is 0. The van der Waals surface area contributed by atoms with Gasteiger partial charge in [0.1, 0.15) is 5.75 Å². The van der Waals surface area contributed by atoms with Crippen molar-refractivity contribution >= 4 is 5.91 Å². The lowest BCUT2D eigenvalue weighted by Crippen LogP contribution is -2.30. The monoisotopic (exact) mass is 271 g/mol. The molecule has 104 valence electrons. The van der Waals surface area contributed by atoms with Gasteiger partial charge in [-0.3, -0.25) is 9.89 Å². The highest BCUT2D eigenvalue weighted by Crippen LogP contribution is 2.39. The predicted octanol–water partition coefficient (Wildman–Crippen LogP) is 2.38. The number of carbonyl (C=O) groups is 1. The van der Waals surface area contributed by atoms with E-state index in [4.69, 9.17) is 0 Å². The maximum absolute atomic E-state index is 12.4. The number of aromatic amines is 1. The van der Waals surface area contributed by atoms with Gasteiger partial charge in [-0.25, -0.2) is 0 Å². The number of aryl methyl sites for hydroxylation is 1. The Balaban J connectivity index is 2.14. The van der Waals surface area contributed by atoms with Gasteiger partial charge in [0.05, 0.1) is 6.04 Å². The van der Waals surface area contributed by atoms with Crippen LogP contribution in [0.5, 0.6) is 5.75 Å². The molecule has 0 fully saturated rings. The number of aromatic hydroxyl groups is 1. The Morgan fingerprint density at radius 2 is 2.25 bits per heavy atom. The third kappa shape index (κ3) is 1.78. The Kier molecular flexibility index (Phi) is 2.97. The summed E-state index contributed by atoms with van der Waals surface area (Å²) in [7, 11) is 0. The molecule has 1 amide bonds. The minimum absolute atomic E-state index is 0.0421. The van der Waals surface area contributed by atoms with Gasteiger partial charge in [0.15, 0.2) is 5.69 Å². The van der Waals surface area contributed by atoms with E-state index < -0.39 is 0 Å². The Labute approximate surface area is 117 Å². The van der Waals surface area contributed by atoms with E-state index in [1.807, 2.05) is 24.8 Å². The summed E-state index contributed by atoms with van der Waals surface area (Å²) in [5.41, 5.74) is 3.24. The summed E-state index contributed by atoms with van der Waals surface area (Å²) in [6.07, 6.45) is 0.883. The molecule has 0 spiro atoms. The number of hydrogen-bond donors (Lipinski definition) is 2. The molecule has 0 saturated carbocycles. The maximum atomic E-state index is 12.4. The van der Waals surface area contributed by atoms with Crippen molar-refractivity contribution in [2.24, 2.45) is 0 Å². The number of hydrogen-bond acceptors (Lipinski definition) is 3. The average molecular weight is 271 g/mol. The lowest BCUT2D eigenvalue weighted by atomic mass is 9.99. The molecule has 1 aromatic heterocycles. The van der Waals surface area contributed by atoms with Crippen LogP contribution in [0.15, 0.2) is 24.3 Å². The van der Waals surface area contributed by atoms with Crippen LogP contribution < -0.4 is 0 Å². The van der Waals surface area contributed by atoms with Gasteiger partial charge in [0.2, 0.25) is 0 Å². The van der Waals surface area contributed by atoms with Crippen molar-refractivity contribution in [3.63, 3.8) is 0 Å². The zero-order chi connectivity index (χ0) is 14.3. The molecule has 2 heterocycles. The second kappa shape index (κ2) is 4.67. The topological polar surface area (TPSA) is 69.2 Å². The highest BCUT2D eigenvalue weighted by Gasteiger charge is 2.40. The van der Waals surface area contributed by atoms with E-state index in [0.717, 1.165) is 23.2 Å². The fourth-order valence-corrected chi connectivity index (χ4v) is 2.86. The quantitative estimate of drug-likeness (QED) is 0.900. The Morgan fingerprint density at radius 3 is 2.95 bits per heavy atom. The molecule has 1 aliphatic rings. The zero-order valence-corrected chi connectivity index (χ0v) is 11.6. The first-order valence-corrected chi connectivity index (χ1v) is 6.78. The third-order valence-electron chi connectivity index (χ3n) is 3.69. The Bertz CT molecular complexity index is 663. The number of amides is 1. The lowest BCUT2D eigenvalue weighted by Gasteiger charge is -2.25. The van der Waals surface area contributed by atoms with Crippen molar-refractivity contribution in [2.45, 2.75) is 26.3 Å². The van der Waals surface area contributed by atoms with E-state index in [0.29, 0.717) is 12.2 Å². The summed E-state index contributed by atoms with van der Waals surface area (Å²) in [5, 5.41) is 16.7. The fourth-order valence-electron chi connectivity index (χ4n) is 2.86. The van der Waals surface area contributed by atoms with Crippen molar-refractivity contribution in [3.8, 4) is 5.75 Å². The van der Waals surface area contributed by atoms with Crippen LogP contribution in [-0.2, 0) is 0 Å². The fraction of sp³-hybridized carbons (Fsp3) is 0.333. The largest absolute Gasteiger partial charge is 0.508 e. The van der Waals surface area contributed by atoms with E-state index in [2.05, 4.69) is 10.2 Å². The van der Waals surface area contributed by atoms with Gasteiger partial charge in [0.25, 0.3) is 5.91 Å². The first kappa shape index (κ1) is 12.7. The number of nitrogens with zero attached hydrogens (tertiary/aromatic N) is 2. The molecule has 20 heavy (non-hydrogen) atoms. The van der Waals surface area contributed by atoms with Crippen LogP contribution in [0.4, 0.5) is 0 Å². The molecular formula is C15H17N3O2. The summed E-state index contributed by atoms with van der Waals surface area (Å²) in [6, 6.07) is 6.91. The van der Waals surface area contributed by atoms with E-state index in [1.165, 1.54) is 0 Å². The van der Waals surface area contributed by atoms with Gasteiger partial charge < -0.3 is 10.0 Å². The number of aromatic nitrogens is 2. The van der Waals surface area contributed by atoms with Crippen molar-refractivity contribution in [1.29, 1.82) is 0 Å². The molecular weight excluding hydrogens is 254 g/mol. The molecule has 1 aromatic carbocycles. The number of carbonyl (C=O) groups excluding carboxylic acids is 1. The van der Waals surface area contributed by atoms with Crippen LogP contribution in [0.1, 0.15) is 46.7 Å². The Morgan fingerprint density at radius 1 is 1.45 bits per heavy atom. The minimum Gasteiger partial charge on any atom is -0.508 e. The van der Waals surface area contributed by atoms with Gasteiger partial charge >= 0.3 is 0 Å². The molecule has 0 bridgehead atoms. The highest BCUT2D eigenvalue weighted by atomic mass is 16.3. The second-order valence-electron chi connectivity index (χ2n) is 5.11. The van der Waals surface area contributed by atoms with Gasteiger partial charge in [-0.2, -0.15) is 5.10 Å². The Hall–Kier alpha value is -2.30. The number of phenols is 1. The lowest BCUT2D eigenvalue weighted by molar-refractivity contribution is 0.0743. The zero-order valence-electron chi connectivity index (χ0n) is 11.6. The van der Waals surface area contributed by atoms with Gasteiger partial charge in [-0.1, -0.05) is 19.1 Å². The minimum atomic E-state index is -0.164. The molecule has 5 heteroatoms. The van der Waals surface area contributed by atoms with Gasteiger partial charge in [0, 0.05) is 17.8 Å². The molecule has 0 saturated heterocycles. The SMILES string of the molecule is CCCN1C(=O)c2n[nH]c(C)c2C1c1cccc(O)c1. The van der Waals surface area contributed by atoms with Crippen LogP contribution in [-0.4, -0.2) is 32.7 Å². The highest BCUT2D eigenvalue weighted by molar-refractivity contribution is 5.98. The summed E-state index contributed by atoms with van der Waals surface area (Å²) < 4.78 is 0. The molecule has 1 aliphatic heterocycles. The normalized spacial score (nSPS) is 17.6. The van der Waals surface area contributed by atoms with E-state index in [-0.39, 0.29) is 17.7 Å². The third-order valence-corrected chi connectivity index (χ3v) is 3.69. The number of nitrogens with one attached hydrogen (secondary N) is 1. The molecule has 5 nitrogen and oxygen atoms in total. The van der Waals surface area contributed by atoms with E-state index in [1.54, 1.807) is 18.2 Å². The van der Waals surface area contributed by atoms with Crippen LogP contribution in [0, 0.1) is 6.92 Å². The van der Waals surface area contributed by atoms with Gasteiger partial charge in [-0.15, -0.1) is 0 Å². The molecule has 2 N–H and O–H groups in total. The van der Waals surface area contributed by atoms with Crippen LogP contribution in [0.3, 0.4) is 0 Å². The standard InChI is InChI=1S/C15H17N3O2/c1-3-7-18-14(10-5-4-6-11(19)8-10)12-9(2)16-17-13(12)15(18)20/h4-6,8,14,19H,3,7H2,1-2H3,(H,16,17). The van der Waals surface area contributed by atoms with Crippen LogP contribution in [0.2, 0.25) is 0 Å². The first-order valence-electron chi connectivity index (χ1n) is 6.78. The molecule has 1 unspecified atom stereocenters. The first-order chi connectivity index (χ1) is 9.63. The maximum Gasteiger partial charge on any atom is 0.275 e. The second-order valence-corrected chi connectivity index (χ2v) is 5.11. The van der Waals surface area contributed by atoms with E-state index in [9.17, 15) is 9.90 Å². The molecule has 3 rings (SSSR count). The van der Waals surface area contributed by atoms with Crippen molar-refractivity contribution in [2.75, 3.05) is 6.54 Å². The van der Waals surface area contributed by atoms with Crippen molar-refractivity contribution < 1.29 is 9.90 Å². The molecule has 2 aromatic rings. The number of H-pyrrole nitrogens is 1. The molecule has 1 atom stereocenters. The number of phenolic OH excluding ortho intramolecular Hbond substituents is 1. The number of fused-ring (bicyclic) bond motifs is 1. The average Bonchev–Trinajstić information content (AvgIpc) is 2.92. The summed E-state index contributed by atoms with van der Waals surface area (Å²) in [5.74, 6) is 0.167. The summed E-state index contributed by atoms with van der Waals surface area (Å²) in [4.78, 5) is 14.3. The van der Waals surface area contributed by atoms with E-state index >= 15 is 0 Å². The number of rotatable bonds is 3. The smallest absolute Gasteiger partial charge is 0.275 e. The number of benzene rings is 1. The summed E-state index contributed by atoms with van der Waals surface area (Å²) in [6.45, 7) is 4.64. The van der Waals surface area contributed by atoms with Gasteiger partial charge in [-0.05, 0) is 31.0 Å². The van der Waals surface area contributed by atoms with Crippen LogP contribution in [0.25, 0.3) is 0 Å². The predicted molar refractivity (Wildman–Crippen MR) is 74.6 cm³/mol. The van der Waals surface area contributed by atoms with Crippen LogP contribution >= 0.6 is 0 Å². The van der Waals surface area contributed by atoms with Crippen molar-refractivity contribution in [3.05, 3.63) is 46.8 Å². The molecule has 0 radical (unpaired) electrons. The molecule has 0 aliphatic carbocycles.